The molecule has 0 radical (unpaired) electrons. The summed E-state index contributed by atoms with van der Waals surface area (Å²) in [6.45, 7) is 6.35. The number of hydrogen-bond acceptors (Lipinski definition) is 7. The highest BCUT2D eigenvalue weighted by Gasteiger charge is 2.22. The molecule has 0 unspecified atom stereocenters. The fraction of sp³-hybridized carbons (Fsp3) is 0.269. The van der Waals surface area contributed by atoms with E-state index in [2.05, 4.69) is 14.6 Å². The highest BCUT2D eigenvalue weighted by Crippen LogP contribution is 2.34. The second-order valence-corrected chi connectivity index (χ2v) is 11.2. The number of halogens is 1. The van der Waals surface area contributed by atoms with Crippen LogP contribution in [0.3, 0.4) is 0 Å². The number of rotatable bonds is 6. The van der Waals surface area contributed by atoms with E-state index < -0.39 is 15.9 Å². The zero-order valence-electron chi connectivity index (χ0n) is 20.4. The van der Waals surface area contributed by atoms with Gasteiger partial charge in [-0.25, -0.2) is 22.8 Å². The number of nitrogens with one attached hydrogen (secondary N) is 1. The van der Waals surface area contributed by atoms with Crippen molar-refractivity contribution in [1.82, 2.24) is 19.5 Å². The second-order valence-electron chi connectivity index (χ2n) is 8.71. The van der Waals surface area contributed by atoms with Crippen LogP contribution in [-0.2, 0) is 14.8 Å². The number of nitrogens with zero attached hydrogens (tertiary/aromatic N) is 4. The summed E-state index contributed by atoms with van der Waals surface area (Å²) < 4.78 is 33.4. The maximum Gasteiger partial charge on any atom is 0.283 e. The van der Waals surface area contributed by atoms with Gasteiger partial charge >= 0.3 is 0 Å². The molecular formula is C26H26ClN5O4S. The largest absolute Gasteiger partial charge is 0.378 e. The maximum atomic E-state index is 13.0. The number of benzene rings is 2. The molecule has 1 amide bonds. The standard InChI is InChI=1S/C26H26ClN5O4S/c1-3-37(34,35)30-26(33)23-16-22(18-7-9-20(10-8-18)31-11-13-36-14-12-31)24-17(2)29-32(25(24)28-23)21-6-4-5-19(27)15-21/h4-10,15-16H,3,11-14H2,1-2H3,(H,30,33). The van der Waals surface area contributed by atoms with Crippen LogP contribution in [0.1, 0.15) is 23.1 Å². The third-order valence-electron chi connectivity index (χ3n) is 6.28. The Morgan fingerprint density at radius 3 is 2.49 bits per heavy atom. The highest BCUT2D eigenvalue weighted by molar-refractivity contribution is 7.90. The van der Waals surface area contributed by atoms with E-state index in [0.29, 0.717) is 35.3 Å². The molecule has 0 atom stereocenters. The van der Waals surface area contributed by atoms with E-state index in [1.165, 1.54) is 6.92 Å². The molecule has 1 N–H and O–H groups in total. The van der Waals surface area contributed by atoms with Crippen molar-refractivity contribution in [2.24, 2.45) is 0 Å². The highest BCUT2D eigenvalue weighted by atomic mass is 35.5. The van der Waals surface area contributed by atoms with E-state index >= 15 is 0 Å². The van der Waals surface area contributed by atoms with E-state index in [0.717, 1.165) is 35.3 Å². The lowest BCUT2D eigenvalue weighted by molar-refractivity contribution is 0.0977. The molecule has 0 saturated carbocycles. The van der Waals surface area contributed by atoms with Crippen molar-refractivity contribution >= 4 is 44.3 Å². The van der Waals surface area contributed by atoms with Crippen molar-refractivity contribution in [3.63, 3.8) is 0 Å². The van der Waals surface area contributed by atoms with Gasteiger partial charge in [-0.15, -0.1) is 0 Å². The number of aromatic nitrogens is 3. The van der Waals surface area contributed by atoms with Crippen molar-refractivity contribution < 1.29 is 17.9 Å². The molecular weight excluding hydrogens is 514 g/mol. The molecule has 192 valence electrons. The van der Waals surface area contributed by atoms with Crippen LogP contribution in [0.5, 0.6) is 0 Å². The minimum absolute atomic E-state index is 0.0278. The number of hydrogen-bond donors (Lipinski definition) is 1. The molecule has 37 heavy (non-hydrogen) atoms. The first kappa shape index (κ1) is 25.2. The lowest BCUT2D eigenvalue weighted by Crippen LogP contribution is -2.36. The smallest absolute Gasteiger partial charge is 0.283 e. The fourth-order valence-electron chi connectivity index (χ4n) is 4.36. The topological polar surface area (TPSA) is 106 Å². The zero-order valence-corrected chi connectivity index (χ0v) is 22.0. The molecule has 5 rings (SSSR count). The summed E-state index contributed by atoms with van der Waals surface area (Å²) in [7, 11) is -3.77. The minimum atomic E-state index is -3.77. The quantitative estimate of drug-likeness (QED) is 0.395. The minimum Gasteiger partial charge on any atom is -0.378 e. The molecule has 1 fully saturated rings. The number of sulfonamides is 1. The van der Waals surface area contributed by atoms with Crippen molar-refractivity contribution in [2.75, 3.05) is 37.0 Å². The van der Waals surface area contributed by atoms with E-state index in [4.69, 9.17) is 21.4 Å². The Morgan fingerprint density at radius 1 is 1.08 bits per heavy atom. The summed E-state index contributed by atoms with van der Waals surface area (Å²) in [6.07, 6.45) is 0. The van der Waals surface area contributed by atoms with Gasteiger partial charge in [-0.3, -0.25) is 4.79 Å². The van der Waals surface area contributed by atoms with Gasteiger partial charge in [-0.2, -0.15) is 5.10 Å². The van der Waals surface area contributed by atoms with Crippen molar-refractivity contribution in [2.45, 2.75) is 13.8 Å². The monoisotopic (exact) mass is 539 g/mol. The van der Waals surface area contributed by atoms with Crippen LogP contribution >= 0.6 is 11.6 Å². The van der Waals surface area contributed by atoms with Crippen LogP contribution < -0.4 is 9.62 Å². The van der Waals surface area contributed by atoms with Gasteiger partial charge in [0.1, 0.15) is 5.69 Å². The Bertz CT molecular complexity index is 1580. The van der Waals surface area contributed by atoms with Gasteiger partial charge in [0.2, 0.25) is 10.0 Å². The fourth-order valence-corrected chi connectivity index (χ4v) is 5.08. The van der Waals surface area contributed by atoms with Gasteiger partial charge in [0.15, 0.2) is 5.65 Å². The summed E-state index contributed by atoms with van der Waals surface area (Å²) >= 11 is 6.22. The van der Waals surface area contributed by atoms with Crippen LogP contribution in [0.15, 0.2) is 54.6 Å². The SMILES string of the molecule is CCS(=O)(=O)NC(=O)c1cc(-c2ccc(N3CCOCC3)cc2)c2c(C)nn(-c3cccc(Cl)c3)c2n1. The van der Waals surface area contributed by atoms with Crippen molar-refractivity contribution in [1.29, 1.82) is 0 Å². The normalized spacial score (nSPS) is 14.2. The molecule has 0 bridgehead atoms. The molecule has 9 nitrogen and oxygen atoms in total. The number of carbonyl (C=O) groups excluding carboxylic acids is 1. The van der Waals surface area contributed by atoms with Crippen LogP contribution in [0, 0.1) is 6.92 Å². The number of fused-ring (bicyclic) bond motifs is 1. The summed E-state index contributed by atoms with van der Waals surface area (Å²) in [5, 5.41) is 5.98. The molecule has 11 heteroatoms. The molecule has 1 saturated heterocycles. The second kappa shape index (κ2) is 10.1. The number of amides is 1. The zero-order chi connectivity index (χ0) is 26.2. The van der Waals surface area contributed by atoms with Gasteiger partial charge < -0.3 is 9.64 Å². The number of anilines is 1. The third-order valence-corrected chi connectivity index (χ3v) is 7.77. The molecule has 1 aliphatic heterocycles. The Balaban J connectivity index is 1.67. The molecule has 0 aliphatic carbocycles. The van der Waals surface area contributed by atoms with Crippen molar-refractivity contribution in [3.8, 4) is 16.8 Å². The Morgan fingerprint density at radius 2 is 1.81 bits per heavy atom. The molecule has 4 aromatic rings. The number of aryl methyl sites for hydroxylation is 1. The van der Waals surface area contributed by atoms with Gasteiger partial charge in [-0.1, -0.05) is 29.8 Å². The Labute approximate surface area is 220 Å². The van der Waals surface area contributed by atoms with Crippen LogP contribution in [0.2, 0.25) is 5.02 Å². The lowest BCUT2D eigenvalue weighted by atomic mass is 10.0. The number of carbonyl (C=O) groups is 1. The average molecular weight is 540 g/mol. The van der Waals surface area contributed by atoms with Crippen LogP contribution in [0.25, 0.3) is 27.8 Å². The average Bonchev–Trinajstić information content (AvgIpc) is 3.25. The molecule has 2 aromatic carbocycles. The number of morpholine rings is 1. The Kier molecular flexibility index (Phi) is 6.89. The van der Waals surface area contributed by atoms with E-state index in [9.17, 15) is 13.2 Å². The number of ether oxygens (including phenoxy) is 1. The maximum absolute atomic E-state index is 13.0. The van der Waals surface area contributed by atoms with Crippen LogP contribution in [-0.4, -0.2) is 61.1 Å². The van der Waals surface area contributed by atoms with E-state index in [-0.39, 0.29) is 11.4 Å². The third kappa shape index (κ3) is 5.18. The predicted molar refractivity (Wildman–Crippen MR) is 144 cm³/mol. The Hall–Kier alpha value is -3.47. The van der Waals surface area contributed by atoms with E-state index in [1.807, 2.05) is 37.3 Å². The van der Waals surface area contributed by atoms with Crippen LogP contribution in [0.4, 0.5) is 5.69 Å². The first-order valence-electron chi connectivity index (χ1n) is 11.9. The lowest BCUT2D eigenvalue weighted by Gasteiger charge is -2.29. The summed E-state index contributed by atoms with van der Waals surface area (Å²) in [4.78, 5) is 19.8. The van der Waals surface area contributed by atoms with Gasteiger partial charge in [-0.05, 0) is 61.4 Å². The molecule has 2 aromatic heterocycles. The molecule has 3 heterocycles. The van der Waals surface area contributed by atoms with Gasteiger partial charge in [0.05, 0.1) is 35.7 Å². The van der Waals surface area contributed by atoms with E-state index in [1.54, 1.807) is 28.9 Å². The van der Waals surface area contributed by atoms with Crippen molar-refractivity contribution in [3.05, 3.63) is 71.0 Å². The van der Waals surface area contributed by atoms with Gasteiger partial charge in [0, 0.05) is 23.8 Å². The predicted octanol–water partition coefficient (Wildman–Crippen LogP) is 3.97. The summed E-state index contributed by atoms with van der Waals surface area (Å²) in [6, 6.07) is 16.8. The first-order valence-corrected chi connectivity index (χ1v) is 13.9. The number of pyridine rings is 1. The first-order chi connectivity index (χ1) is 17.8. The van der Waals surface area contributed by atoms with Gasteiger partial charge in [0.25, 0.3) is 5.91 Å². The molecule has 0 spiro atoms. The summed E-state index contributed by atoms with van der Waals surface area (Å²) in [5.41, 5.74) is 4.44. The molecule has 1 aliphatic rings. The summed E-state index contributed by atoms with van der Waals surface area (Å²) in [5.74, 6) is -1.03.